The van der Waals surface area contributed by atoms with Crippen molar-refractivity contribution in [1.29, 1.82) is 0 Å². The number of hydrogen-bond donors (Lipinski definition) is 2. The third-order valence-electron chi connectivity index (χ3n) is 5.44. The second-order valence-corrected chi connectivity index (χ2v) is 8.23. The highest BCUT2D eigenvalue weighted by Crippen LogP contribution is 2.37. The van der Waals surface area contributed by atoms with Crippen LogP contribution in [0.15, 0.2) is 18.2 Å². The molecule has 0 radical (unpaired) electrons. The van der Waals surface area contributed by atoms with Gasteiger partial charge in [0.25, 0.3) is 5.91 Å². The third kappa shape index (κ3) is 3.87. The van der Waals surface area contributed by atoms with Crippen LogP contribution in [0, 0.1) is 0 Å². The Morgan fingerprint density at radius 1 is 1.20 bits per heavy atom. The Labute approximate surface area is 154 Å². The fraction of sp³-hybridized carbons (Fsp3) is 0.611. The summed E-state index contributed by atoms with van der Waals surface area (Å²) in [4.78, 5) is 12.5. The number of amides is 1. The molecule has 0 unspecified atom stereocenters. The predicted octanol–water partition coefficient (Wildman–Crippen LogP) is 2.12. The monoisotopic (exact) mass is 364 g/mol. The second-order valence-electron chi connectivity index (χ2n) is 7.82. The Bertz CT molecular complexity index is 644. The van der Waals surface area contributed by atoms with E-state index in [1.54, 1.807) is 12.1 Å². The Balaban J connectivity index is 1.72. The average molecular weight is 365 g/mol. The molecule has 2 heterocycles. The number of rotatable bonds is 3. The van der Waals surface area contributed by atoms with Crippen LogP contribution in [0.25, 0.3) is 0 Å². The number of hydrogen-bond acceptors (Lipinski definition) is 4. The van der Waals surface area contributed by atoms with E-state index in [9.17, 15) is 4.79 Å². The van der Waals surface area contributed by atoms with Crippen LogP contribution in [0.1, 0.15) is 50.9 Å². The fourth-order valence-corrected chi connectivity index (χ4v) is 3.33. The van der Waals surface area contributed by atoms with E-state index in [-0.39, 0.29) is 11.9 Å². The molecule has 0 spiro atoms. The summed E-state index contributed by atoms with van der Waals surface area (Å²) in [6.45, 7) is 9.88. The molecule has 2 fully saturated rings. The van der Waals surface area contributed by atoms with Crippen LogP contribution < -0.4 is 16.1 Å². The van der Waals surface area contributed by atoms with Crippen LogP contribution in [0.3, 0.4) is 0 Å². The SMILES string of the molecule is CC1(C)OB(c2ccc(C(=O)NC3CCNCC3)cc2Cl)OC1(C)C. The van der Waals surface area contributed by atoms with E-state index in [0.29, 0.717) is 10.6 Å². The Morgan fingerprint density at radius 2 is 1.80 bits per heavy atom. The molecular weight excluding hydrogens is 338 g/mol. The van der Waals surface area contributed by atoms with Crippen LogP contribution in [0.4, 0.5) is 0 Å². The highest BCUT2D eigenvalue weighted by atomic mass is 35.5. The minimum absolute atomic E-state index is 0.0886. The van der Waals surface area contributed by atoms with Gasteiger partial charge in [-0.2, -0.15) is 0 Å². The molecule has 25 heavy (non-hydrogen) atoms. The summed E-state index contributed by atoms with van der Waals surface area (Å²) in [5.41, 5.74) is 0.459. The van der Waals surface area contributed by atoms with Gasteiger partial charge in [0.15, 0.2) is 0 Å². The minimum Gasteiger partial charge on any atom is -0.399 e. The number of nitrogens with one attached hydrogen (secondary N) is 2. The van der Waals surface area contributed by atoms with E-state index in [1.165, 1.54) is 0 Å². The van der Waals surface area contributed by atoms with Gasteiger partial charge in [-0.3, -0.25) is 4.79 Å². The Hall–Kier alpha value is -1.08. The minimum atomic E-state index is -0.529. The molecule has 136 valence electrons. The van der Waals surface area contributed by atoms with E-state index >= 15 is 0 Å². The zero-order chi connectivity index (χ0) is 18.2. The molecule has 2 saturated heterocycles. The zero-order valence-electron chi connectivity index (χ0n) is 15.3. The maximum absolute atomic E-state index is 12.5. The highest BCUT2D eigenvalue weighted by Gasteiger charge is 2.52. The summed E-state index contributed by atoms with van der Waals surface area (Å²) in [5, 5.41) is 6.85. The van der Waals surface area contributed by atoms with Gasteiger partial charge in [-0.25, -0.2) is 0 Å². The molecular formula is C18H26BClN2O3. The van der Waals surface area contributed by atoms with Crippen LogP contribution in [0.5, 0.6) is 0 Å². The van der Waals surface area contributed by atoms with Crippen LogP contribution in [-0.2, 0) is 9.31 Å². The van der Waals surface area contributed by atoms with Gasteiger partial charge in [0.2, 0.25) is 0 Å². The molecule has 2 aliphatic heterocycles. The van der Waals surface area contributed by atoms with Crippen molar-refractivity contribution < 1.29 is 14.1 Å². The van der Waals surface area contributed by atoms with Gasteiger partial charge in [-0.15, -0.1) is 0 Å². The summed E-state index contributed by atoms with van der Waals surface area (Å²) < 4.78 is 12.1. The van der Waals surface area contributed by atoms with Crippen molar-refractivity contribution in [2.24, 2.45) is 0 Å². The lowest BCUT2D eigenvalue weighted by Crippen LogP contribution is -2.43. The average Bonchev–Trinajstić information content (AvgIpc) is 2.76. The smallest absolute Gasteiger partial charge is 0.399 e. The van der Waals surface area contributed by atoms with Crippen molar-refractivity contribution in [2.45, 2.75) is 57.8 Å². The number of halogens is 1. The lowest BCUT2D eigenvalue weighted by molar-refractivity contribution is 0.00578. The van der Waals surface area contributed by atoms with Crippen molar-refractivity contribution in [3.8, 4) is 0 Å². The van der Waals surface area contributed by atoms with Gasteiger partial charge in [0.1, 0.15) is 0 Å². The third-order valence-corrected chi connectivity index (χ3v) is 5.77. The van der Waals surface area contributed by atoms with E-state index in [1.807, 2.05) is 33.8 Å². The lowest BCUT2D eigenvalue weighted by atomic mass is 9.78. The van der Waals surface area contributed by atoms with Crippen LogP contribution in [0.2, 0.25) is 5.02 Å². The summed E-state index contributed by atoms with van der Waals surface area (Å²) in [5.74, 6) is -0.0886. The van der Waals surface area contributed by atoms with E-state index in [0.717, 1.165) is 31.4 Å². The molecule has 5 nitrogen and oxygen atoms in total. The molecule has 0 atom stereocenters. The molecule has 0 bridgehead atoms. The Morgan fingerprint density at radius 3 is 2.36 bits per heavy atom. The van der Waals surface area contributed by atoms with Gasteiger partial charge in [0.05, 0.1) is 11.2 Å². The van der Waals surface area contributed by atoms with Gasteiger partial charge in [0, 0.05) is 22.1 Å². The van der Waals surface area contributed by atoms with Gasteiger partial charge >= 0.3 is 7.12 Å². The van der Waals surface area contributed by atoms with Crippen molar-refractivity contribution in [3.63, 3.8) is 0 Å². The topological polar surface area (TPSA) is 59.6 Å². The van der Waals surface area contributed by atoms with Crippen molar-refractivity contribution in [1.82, 2.24) is 10.6 Å². The molecule has 7 heteroatoms. The maximum Gasteiger partial charge on any atom is 0.496 e. The normalized spacial score (nSPS) is 22.8. The van der Waals surface area contributed by atoms with E-state index < -0.39 is 18.3 Å². The standard InChI is InChI=1S/C18H26BClN2O3/c1-17(2)18(3,4)25-19(24-17)14-6-5-12(11-15(14)20)16(23)22-13-7-9-21-10-8-13/h5-6,11,13,21H,7-10H2,1-4H3,(H,22,23). The largest absolute Gasteiger partial charge is 0.496 e. The van der Waals surface area contributed by atoms with Crippen molar-refractivity contribution >= 4 is 30.1 Å². The molecule has 2 aliphatic rings. The number of piperidine rings is 1. The van der Waals surface area contributed by atoms with Crippen molar-refractivity contribution in [2.75, 3.05) is 13.1 Å². The lowest BCUT2D eigenvalue weighted by Gasteiger charge is -2.32. The predicted molar refractivity (Wildman–Crippen MR) is 101 cm³/mol. The van der Waals surface area contributed by atoms with E-state index in [2.05, 4.69) is 10.6 Å². The quantitative estimate of drug-likeness (QED) is 0.807. The van der Waals surface area contributed by atoms with Gasteiger partial charge in [-0.1, -0.05) is 17.7 Å². The van der Waals surface area contributed by atoms with E-state index in [4.69, 9.17) is 20.9 Å². The fourth-order valence-electron chi connectivity index (χ4n) is 3.06. The number of carbonyl (C=O) groups excluding carboxylic acids is 1. The van der Waals surface area contributed by atoms with Crippen LogP contribution in [-0.4, -0.2) is 43.4 Å². The first kappa shape index (κ1) is 18.7. The maximum atomic E-state index is 12.5. The number of carbonyl (C=O) groups is 1. The van der Waals surface area contributed by atoms with Gasteiger partial charge < -0.3 is 19.9 Å². The second kappa shape index (κ2) is 6.91. The molecule has 1 aromatic rings. The zero-order valence-corrected chi connectivity index (χ0v) is 16.1. The molecule has 0 aromatic heterocycles. The first-order valence-corrected chi connectivity index (χ1v) is 9.24. The molecule has 0 aliphatic carbocycles. The first-order valence-electron chi connectivity index (χ1n) is 8.86. The molecule has 3 rings (SSSR count). The summed E-state index contributed by atoms with van der Waals surface area (Å²) in [7, 11) is -0.529. The highest BCUT2D eigenvalue weighted by molar-refractivity contribution is 6.65. The molecule has 1 aromatic carbocycles. The van der Waals surface area contributed by atoms with Crippen molar-refractivity contribution in [3.05, 3.63) is 28.8 Å². The molecule has 0 saturated carbocycles. The van der Waals surface area contributed by atoms with Crippen LogP contribution >= 0.6 is 11.6 Å². The first-order chi connectivity index (χ1) is 11.7. The summed E-state index contributed by atoms with van der Waals surface area (Å²) in [6.07, 6.45) is 1.90. The Kier molecular flexibility index (Phi) is 5.17. The summed E-state index contributed by atoms with van der Waals surface area (Å²) in [6, 6.07) is 5.51. The molecule has 2 N–H and O–H groups in total. The van der Waals surface area contributed by atoms with Gasteiger partial charge in [-0.05, 0) is 65.8 Å². The molecule has 1 amide bonds. The summed E-state index contributed by atoms with van der Waals surface area (Å²) >= 11 is 6.43. The number of benzene rings is 1.